The lowest BCUT2D eigenvalue weighted by atomic mass is 10.0. The Bertz CT molecular complexity index is 1350. The van der Waals surface area contributed by atoms with E-state index in [0.29, 0.717) is 30.1 Å². The number of aromatic amines is 1. The maximum atomic E-state index is 13.6. The molecule has 0 atom stereocenters. The van der Waals surface area contributed by atoms with Crippen LogP contribution in [0.4, 0.5) is 5.69 Å². The summed E-state index contributed by atoms with van der Waals surface area (Å²) in [5, 5.41) is 3.27. The highest BCUT2D eigenvalue weighted by atomic mass is 35.5. The Kier molecular flexibility index (Phi) is 9.74. The van der Waals surface area contributed by atoms with Crippen molar-refractivity contribution in [2.75, 3.05) is 11.4 Å². The lowest BCUT2D eigenvalue weighted by molar-refractivity contribution is -0.124. The average molecular weight is 558 g/mol. The summed E-state index contributed by atoms with van der Waals surface area (Å²) in [5.41, 5.74) is 6.08. The summed E-state index contributed by atoms with van der Waals surface area (Å²) in [6.07, 6.45) is 0.673. The van der Waals surface area contributed by atoms with Gasteiger partial charge in [0.2, 0.25) is 11.1 Å². The summed E-state index contributed by atoms with van der Waals surface area (Å²) < 4.78 is 0. The Hall–Kier alpha value is -3.16. The molecular formula is C29H34Cl2N4O3. The first-order valence-corrected chi connectivity index (χ1v) is 13.4. The van der Waals surface area contributed by atoms with Gasteiger partial charge in [-0.25, -0.2) is 4.98 Å². The van der Waals surface area contributed by atoms with Crippen LogP contribution < -0.4 is 10.2 Å². The number of amides is 2. The van der Waals surface area contributed by atoms with Gasteiger partial charge >= 0.3 is 0 Å². The fraction of sp³-hybridized carbons (Fsp3) is 0.379. The van der Waals surface area contributed by atoms with E-state index in [0.717, 1.165) is 39.6 Å². The van der Waals surface area contributed by atoms with Gasteiger partial charge in [-0.15, -0.1) is 0 Å². The van der Waals surface area contributed by atoms with Crippen LogP contribution in [0.15, 0.2) is 36.4 Å². The van der Waals surface area contributed by atoms with E-state index in [1.54, 1.807) is 24.8 Å². The molecule has 0 spiro atoms. The van der Waals surface area contributed by atoms with Crippen molar-refractivity contribution < 1.29 is 14.4 Å². The van der Waals surface area contributed by atoms with Crippen molar-refractivity contribution >= 4 is 45.9 Å². The third-order valence-corrected chi connectivity index (χ3v) is 6.92. The minimum absolute atomic E-state index is 0.0106. The fourth-order valence-corrected chi connectivity index (χ4v) is 4.17. The Balaban J connectivity index is 0.000000599. The number of nitrogens with one attached hydrogen (secondary N) is 2. The van der Waals surface area contributed by atoms with Crippen LogP contribution in [0.3, 0.4) is 0 Å². The van der Waals surface area contributed by atoms with Gasteiger partial charge in [-0.1, -0.05) is 45.4 Å². The Morgan fingerprint density at radius 1 is 1.05 bits per heavy atom. The number of aryl methyl sites for hydroxylation is 2. The van der Waals surface area contributed by atoms with Crippen molar-refractivity contribution in [2.24, 2.45) is 11.8 Å². The molecule has 2 amide bonds. The lowest BCUT2D eigenvalue weighted by Crippen LogP contribution is -2.32. The number of hydrogen-bond acceptors (Lipinski definition) is 4. The van der Waals surface area contributed by atoms with Gasteiger partial charge in [0.1, 0.15) is 5.82 Å². The number of carbonyl (C=O) groups is 3. The summed E-state index contributed by atoms with van der Waals surface area (Å²) in [6.45, 7) is 12.1. The van der Waals surface area contributed by atoms with Crippen molar-refractivity contribution in [1.29, 1.82) is 0 Å². The number of rotatable bonds is 5. The number of halogens is 2. The normalized spacial score (nSPS) is 12.3. The van der Waals surface area contributed by atoms with E-state index in [4.69, 9.17) is 23.2 Å². The minimum Gasteiger partial charge on any atom is -0.352 e. The molecule has 2 heterocycles. The zero-order valence-corrected chi connectivity index (χ0v) is 24.1. The first-order chi connectivity index (χ1) is 17.9. The molecule has 1 aliphatic rings. The van der Waals surface area contributed by atoms with Crippen molar-refractivity contribution in [3.8, 4) is 11.3 Å². The van der Waals surface area contributed by atoms with Crippen LogP contribution in [0, 0.1) is 25.7 Å². The molecule has 1 aliphatic heterocycles. The van der Waals surface area contributed by atoms with Crippen molar-refractivity contribution in [1.82, 2.24) is 15.3 Å². The Morgan fingerprint density at radius 3 is 2.34 bits per heavy atom. The van der Waals surface area contributed by atoms with E-state index < -0.39 is 0 Å². The van der Waals surface area contributed by atoms with E-state index in [1.807, 2.05) is 58.0 Å². The maximum Gasteiger partial charge on any atom is 0.258 e. The third-order valence-electron chi connectivity index (χ3n) is 6.25. The highest BCUT2D eigenvalue weighted by Crippen LogP contribution is 2.37. The summed E-state index contributed by atoms with van der Waals surface area (Å²) in [5.74, 6) is 0.696. The Morgan fingerprint density at radius 2 is 1.74 bits per heavy atom. The van der Waals surface area contributed by atoms with Crippen molar-refractivity contribution in [3.63, 3.8) is 0 Å². The molecule has 2 aromatic carbocycles. The van der Waals surface area contributed by atoms with Crippen LogP contribution in [0.2, 0.25) is 5.02 Å². The molecule has 0 unspecified atom stereocenters. The van der Waals surface area contributed by atoms with E-state index in [1.165, 1.54) is 0 Å². The number of hydrogen-bond donors (Lipinski definition) is 2. The van der Waals surface area contributed by atoms with Crippen molar-refractivity contribution in [3.05, 3.63) is 69.6 Å². The van der Waals surface area contributed by atoms with Crippen LogP contribution in [0.25, 0.3) is 11.3 Å². The predicted molar refractivity (Wildman–Crippen MR) is 153 cm³/mol. The fourth-order valence-electron chi connectivity index (χ4n) is 4.00. The molecule has 38 heavy (non-hydrogen) atoms. The van der Waals surface area contributed by atoms with Crippen LogP contribution in [0.5, 0.6) is 0 Å². The smallest absolute Gasteiger partial charge is 0.258 e. The highest BCUT2D eigenvalue weighted by molar-refractivity contribution is 6.63. The molecule has 0 saturated heterocycles. The van der Waals surface area contributed by atoms with Gasteiger partial charge in [-0.2, -0.15) is 0 Å². The van der Waals surface area contributed by atoms with Gasteiger partial charge in [0.15, 0.2) is 0 Å². The molecule has 0 aliphatic carbocycles. The second-order valence-electron chi connectivity index (χ2n) is 9.99. The monoisotopic (exact) mass is 556 g/mol. The van der Waals surface area contributed by atoms with E-state index >= 15 is 0 Å². The Labute approximate surface area is 233 Å². The molecule has 0 bridgehead atoms. The predicted octanol–water partition coefficient (Wildman–Crippen LogP) is 6.23. The van der Waals surface area contributed by atoms with Gasteiger partial charge in [-0.3, -0.25) is 14.4 Å². The first-order valence-electron chi connectivity index (χ1n) is 12.6. The van der Waals surface area contributed by atoms with Crippen LogP contribution in [0.1, 0.15) is 60.7 Å². The number of aromatic nitrogens is 2. The molecule has 0 saturated carbocycles. The largest absolute Gasteiger partial charge is 0.352 e. The molecule has 7 nitrogen and oxygen atoms in total. The van der Waals surface area contributed by atoms with Gasteiger partial charge in [-0.05, 0) is 66.9 Å². The number of fused-ring (bicyclic) bond motifs is 3. The SMILES string of the molecule is CC(C)C(=O)Cl.Cc1nc2c([nH]1)CCN(C(=O)c1ccc(CNC(=O)C(C)C)c(C)c1)c1ccc(Cl)cc1-2. The van der Waals surface area contributed by atoms with Crippen LogP contribution in [-0.4, -0.2) is 33.6 Å². The maximum absolute atomic E-state index is 13.6. The van der Waals surface area contributed by atoms with Gasteiger partial charge in [0.25, 0.3) is 5.91 Å². The summed E-state index contributed by atoms with van der Waals surface area (Å²) in [4.78, 5) is 45.1. The molecule has 202 valence electrons. The first kappa shape index (κ1) is 29.4. The average Bonchev–Trinajstić information content (AvgIpc) is 3.17. The number of nitrogens with zero attached hydrogens (tertiary/aromatic N) is 2. The van der Waals surface area contributed by atoms with Crippen molar-refractivity contribution in [2.45, 2.75) is 54.5 Å². The summed E-state index contributed by atoms with van der Waals surface area (Å²) >= 11 is 11.3. The molecule has 0 fully saturated rings. The second-order valence-corrected chi connectivity index (χ2v) is 10.8. The van der Waals surface area contributed by atoms with Gasteiger partial charge in [0.05, 0.1) is 11.4 Å². The minimum atomic E-state index is -0.269. The lowest BCUT2D eigenvalue weighted by Gasteiger charge is -2.23. The second kappa shape index (κ2) is 12.6. The number of H-pyrrole nitrogens is 1. The summed E-state index contributed by atoms with van der Waals surface area (Å²) in [7, 11) is 0. The van der Waals surface area contributed by atoms with Crippen LogP contribution >= 0.6 is 23.2 Å². The number of carbonyl (C=O) groups excluding carboxylic acids is 3. The van der Waals surface area contributed by atoms with E-state index in [-0.39, 0.29) is 28.9 Å². The quantitative estimate of drug-likeness (QED) is 0.364. The number of anilines is 1. The topological polar surface area (TPSA) is 95.2 Å². The molecule has 0 radical (unpaired) electrons. The van der Waals surface area contributed by atoms with Gasteiger partial charge in [0, 0.05) is 53.2 Å². The summed E-state index contributed by atoms with van der Waals surface area (Å²) in [6, 6.07) is 11.2. The zero-order valence-electron chi connectivity index (χ0n) is 22.6. The van der Waals surface area contributed by atoms with E-state index in [9.17, 15) is 14.4 Å². The molecule has 4 rings (SSSR count). The van der Waals surface area contributed by atoms with Gasteiger partial charge < -0.3 is 15.2 Å². The number of imidazole rings is 1. The number of benzene rings is 2. The van der Waals surface area contributed by atoms with E-state index in [2.05, 4.69) is 15.3 Å². The molecule has 9 heteroatoms. The highest BCUT2D eigenvalue weighted by Gasteiger charge is 2.27. The standard InChI is InChI=1S/C25H27ClN4O2.C4H7ClO/c1-14(2)24(31)27-13-18-6-5-17(11-15(18)3)25(32)30-10-9-21-23(29-16(4)28-21)20-12-19(26)7-8-22(20)30;1-3(2)4(5)6/h5-8,11-12,14H,9-10,13H2,1-4H3,(H,27,31)(H,28,29);3H,1-2H3. The zero-order chi connectivity index (χ0) is 28.1. The molecule has 2 N–H and O–H groups in total. The molecule has 1 aromatic heterocycles. The molecule has 3 aromatic rings. The molecular weight excluding hydrogens is 523 g/mol. The van der Waals surface area contributed by atoms with Crippen LogP contribution in [-0.2, 0) is 22.6 Å². The third kappa shape index (κ3) is 7.03.